The van der Waals surface area contributed by atoms with E-state index in [4.69, 9.17) is 9.97 Å². The number of rotatable bonds is 1. The van der Waals surface area contributed by atoms with Crippen LogP contribution in [0.25, 0.3) is 11.4 Å². The van der Waals surface area contributed by atoms with Crippen molar-refractivity contribution >= 4 is 0 Å². The topological polar surface area (TPSA) is 25.8 Å². The Morgan fingerprint density at radius 3 is 1.50 bits per heavy atom. The molecule has 1 aromatic heterocycles. The molecule has 0 aliphatic rings. The molecule has 0 unspecified atom stereocenters. The van der Waals surface area contributed by atoms with Crippen LogP contribution < -0.4 is 0 Å². The van der Waals surface area contributed by atoms with E-state index >= 15 is 0 Å². The van der Waals surface area contributed by atoms with Crippen LogP contribution in [0.5, 0.6) is 0 Å². The fourth-order valence-electron chi connectivity index (χ4n) is 3.05. The highest BCUT2D eigenvalue weighted by atomic mass is 14.9. The van der Waals surface area contributed by atoms with Crippen molar-refractivity contribution in [3.63, 3.8) is 0 Å². The Bertz CT molecular complexity index is 645. The third kappa shape index (κ3) is 3.37. The Morgan fingerprint density at radius 2 is 1.14 bits per heavy atom. The number of aryl methyl sites for hydroxylation is 2. The lowest BCUT2D eigenvalue weighted by molar-refractivity contribution is 0.573. The summed E-state index contributed by atoms with van der Waals surface area (Å²) in [6.07, 6.45) is 0. The van der Waals surface area contributed by atoms with Gasteiger partial charge in [0.05, 0.1) is 0 Å². The van der Waals surface area contributed by atoms with Gasteiger partial charge in [-0.3, -0.25) is 0 Å². The summed E-state index contributed by atoms with van der Waals surface area (Å²) in [5.74, 6) is 0.823. The molecule has 2 rings (SSSR count). The van der Waals surface area contributed by atoms with Crippen molar-refractivity contribution in [3.05, 3.63) is 46.8 Å². The van der Waals surface area contributed by atoms with E-state index in [0.29, 0.717) is 0 Å². The largest absolute Gasteiger partial charge is 0.233 e. The number of benzene rings is 1. The molecule has 1 aromatic carbocycles. The lowest BCUT2D eigenvalue weighted by Crippen LogP contribution is -2.17. The zero-order valence-corrected chi connectivity index (χ0v) is 15.2. The molecule has 2 nitrogen and oxygen atoms in total. The van der Waals surface area contributed by atoms with E-state index in [1.807, 2.05) is 0 Å². The van der Waals surface area contributed by atoms with Crippen molar-refractivity contribution in [2.45, 2.75) is 66.2 Å². The molecule has 0 spiro atoms. The van der Waals surface area contributed by atoms with Gasteiger partial charge < -0.3 is 0 Å². The molecule has 0 saturated carbocycles. The Labute approximate surface area is 135 Å². The minimum absolute atomic E-state index is 0.0722. The van der Waals surface area contributed by atoms with E-state index in [0.717, 1.165) is 22.8 Å². The number of nitrogens with zero attached hydrogens (tertiary/aromatic N) is 2. The first-order valence-electron chi connectivity index (χ1n) is 7.97. The van der Waals surface area contributed by atoms with E-state index in [2.05, 4.69) is 79.7 Å². The molecule has 2 aromatic rings. The molecule has 22 heavy (non-hydrogen) atoms. The molecule has 0 N–H and O–H groups in total. The number of hydrogen-bond acceptors (Lipinski definition) is 2. The summed E-state index contributed by atoms with van der Waals surface area (Å²) in [5, 5.41) is 0. The maximum Gasteiger partial charge on any atom is 0.159 e. The van der Waals surface area contributed by atoms with E-state index in [1.165, 1.54) is 11.1 Å². The molecule has 1 heterocycles. The molecule has 0 aliphatic carbocycles. The van der Waals surface area contributed by atoms with Crippen molar-refractivity contribution in [1.29, 1.82) is 0 Å². The predicted molar refractivity (Wildman–Crippen MR) is 94.3 cm³/mol. The third-order valence-corrected chi connectivity index (χ3v) is 4.03. The Balaban J connectivity index is 2.47. The molecule has 118 valence electrons. The standard InChI is InChI=1S/C20H28N2/c1-13-17(20(6,7)8)14(2)22-18(21-13)15-9-11-16(12-10-15)19(3,4)5/h9-12H,1-8H3. The second kappa shape index (κ2) is 5.49. The maximum absolute atomic E-state index is 4.75. The van der Waals surface area contributed by atoms with E-state index < -0.39 is 0 Å². The minimum Gasteiger partial charge on any atom is -0.233 e. The van der Waals surface area contributed by atoms with Gasteiger partial charge in [0.2, 0.25) is 0 Å². The molecule has 0 radical (unpaired) electrons. The highest BCUT2D eigenvalue weighted by Crippen LogP contribution is 2.30. The van der Waals surface area contributed by atoms with Gasteiger partial charge in [-0.2, -0.15) is 0 Å². The molecule has 2 heteroatoms. The fourth-order valence-corrected chi connectivity index (χ4v) is 3.05. The van der Waals surface area contributed by atoms with Gasteiger partial charge in [0.1, 0.15) is 0 Å². The monoisotopic (exact) mass is 296 g/mol. The van der Waals surface area contributed by atoms with Crippen molar-refractivity contribution < 1.29 is 0 Å². The van der Waals surface area contributed by atoms with Gasteiger partial charge in [-0.15, -0.1) is 0 Å². The lowest BCUT2D eigenvalue weighted by atomic mass is 9.84. The van der Waals surface area contributed by atoms with Gasteiger partial charge in [0.15, 0.2) is 5.82 Å². The van der Waals surface area contributed by atoms with Gasteiger partial charge >= 0.3 is 0 Å². The summed E-state index contributed by atoms with van der Waals surface area (Å²) in [5.41, 5.74) is 6.06. The van der Waals surface area contributed by atoms with Crippen molar-refractivity contribution in [2.75, 3.05) is 0 Å². The van der Waals surface area contributed by atoms with Crippen LogP contribution >= 0.6 is 0 Å². The lowest BCUT2D eigenvalue weighted by Gasteiger charge is -2.23. The zero-order chi connectivity index (χ0) is 16.7. The van der Waals surface area contributed by atoms with Gasteiger partial charge in [-0.1, -0.05) is 65.8 Å². The highest BCUT2D eigenvalue weighted by Gasteiger charge is 2.22. The quantitative estimate of drug-likeness (QED) is 0.708. The summed E-state index contributed by atoms with van der Waals surface area (Å²) >= 11 is 0. The summed E-state index contributed by atoms with van der Waals surface area (Å²) in [4.78, 5) is 9.50. The van der Waals surface area contributed by atoms with E-state index in [1.54, 1.807) is 0 Å². The normalized spacial score (nSPS) is 12.5. The summed E-state index contributed by atoms with van der Waals surface area (Å²) in [6, 6.07) is 8.62. The average Bonchev–Trinajstić information content (AvgIpc) is 2.35. The van der Waals surface area contributed by atoms with Gasteiger partial charge in [0.25, 0.3) is 0 Å². The number of hydrogen-bond donors (Lipinski definition) is 0. The SMILES string of the molecule is Cc1nc(-c2ccc(C(C)(C)C)cc2)nc(C)c1C(C)(C)C. The Hall–Kier alpha value is -1.70. The second-order valence-electron chi connectivity index (χ2n) is 8.17. The van der Waals surface area contributed by atoms with E-state index in [9.17, 15) is 0 Å². The molecule has 0 amide bonds. The first-order valence-corrected chi connectivity index (χ1v) is 7.97. The summed E-state index contributed by atoms with van der Waals surface area (Å²) < 4.78 is 0. The molecular formula is C20H28N2. The van der Waals surface area contributed by atoms with Gasteiger partial charge in [-0.25, -0.2) is 9.97 Å². The maximum atomic E-state index is 4.75. The van der Waals surface area contributed by atoms with Crippen LogP contribution in [0.4, 0.5) is 0 Å². The Morgan fingerprint density at radius 1 is 0.682 bits per heavy atom. The van der Waals surface area contributed by atoms with Crippen LogP contribution in [0.3, 0.4) is 0 Å². The van der Waals surface area contributed by atoms with Crippen LogP contribution in [0.15, 0.2) is 24.3 Å². The van der Waals surface area contributed by atoms with Crippen molar-refractivity contribution in [1.82, 2.24) is 9.97 Å². The molecule has 0 atom stereocenters. The molecule has 0 aliphatic heterocycles. The highest BCUT2D eigenvalue weighted by molar-refractivity contribution is 5.57. The van der Waals surface area contributed by atoms with Crippen molar-refractivity contribution in [3.8, 4) is 11.4 Å². The van der Waals surface area contributed by atoms with Crippen LogP contribution in [0.2, 0.25) is 0 Å². The zero-order valence-electron chi connectivity index (χ0n) is 15.2. The van der Waals surface area contributed by atoms with E-state index in [-0.39, 0.29) is 10.8 Å². The van der Waals surface area contributed by atoms with Gasteiger partial charge in [0, 0.05) is 22.5 Å². The molecular weight excluding hydrogens is 268 g/mol. The second-order valence-corrected chi connectivity index (χ2v) is 8.17. The van der Waals surface area contributed by atoms with Crippen molar-refractivity contribution in [2.24, 2.45) is 0 Å². The third-order valence-electron chi connectivity index (χ3n) is 4.03. The molecule has 0 fully saturated rings. The van der Waals surface area contributed by atoms with Gasteiger partial charge in [-0.05, 0) is 30.2 Å². The summed E-state index contributed by atoms with van der Waals surface area (Å²) in [6.45, 7) is 17.5. The van der Waals surface area contributed by atoms with Crippen LogP contribution in [0.1, 0.15) is 64.1 Å². The van der Waals surface area contributed by atoms with Crippen LogP contribution in [-0.4, -0.2) is 9.97 Å². The number of aromatic nitrogens is 2. The molecule has 0 bridgehead atoms. The smallest absolute Gasteiger partial charge is 0.159 e. The Kier molecular flexibility index (Phi) is 4.16. The fraction of sp³-hybridized carbons (Fsp3) is 0.500. The first-order chi connectivity index (χ1) is 10.00. The van der Waals surface area contributed by atoms with Crippen LogP contribution in [0, 0.1) is 13.8 Å². The minimum atomic E-state index is 0.0722. The summed E-state index contributed by atoms with van der Waals surface area (Å²) in [7, 11) is 0. The average molecular weight is 296 g/mol. The predicted octanol–water partition coefficient (Wildman–Crippen LogP) is 5.36. The first kappa shape index (κ1) is 16.7. The van der Waals surface area contributed by atoms with Crippen LogP contribution in [-0.2, 0) is 10.8 Å². The molecule has 0 saturated heterocycles.